The molecule has 0 fully saturated rings. The molecular formula is C13H20N4O. The van der Waals surface area contributed by atoms with E-state index in [0.29, 0.717) is 24.3 Å². The molecule has 5 nitrogen and oxygen atoms in total. The lowest BCUT2D eigenvalue weighted by Crippen LogP contribution is -2.20. The summed E-state index contributed by atoms with van der Waals surface area (Å²) in [5, 5.41) is 29.9. The van der Waals surface area contributed by atoms with E-state index < -0.39 is 6.10 Å². The van der Waals surface area contributed by atoms with Gasteiger partial charge in [0.15, 0.2) is 5.82 Å². The lowest BCUT2D eigenvalue weighted by molar-refractivity contribution is 0.183. The maximum absolute atomic E-state index is 9.52. The van der Waals surface area contributed by atoms with E-state index in [1.54, 1.807) is 0 Å². The van der Waals surface area contributed by atoms with E-state index in [4.69, 9.17) is 0 Å². The van der Waals surface area contributed by atoms with Gasteiger partial charge in [-0.2, -0.15) is 10.4 Å². The molecule has 0 bridgehead atoms. The van der Waals surface area contributed by atoms with Gasteiger partial charge in [-0.05, 0) is 24.8 Å². The second-order valence-corrected chi connectivity index (χ2v) is 4.11. The van der Waals surface area contributed by atoms with Gasteiger partial charge in [0, 0.05) is 6.54 Å². The number of hydrogen-bond donors (Lipinski definition) is 2. The Morgan fingerprint density at radius 1 is 1.28 bits per heavy atom. The number of nitriles is 1. The molecule has 0 aliphatic rings. The monoisotopic (exact) mass is 248 g/mol. The maximum Gasteiger partial charge on any atom is 0.167 e. The summed E-state index contributed by atoms with van der Waals surface area (Å²) in [6.45, 7) is 6.29. The molecule has 0 aromatic carbocycles. The summed E-state index contributed by atoms with van der Waals surface area (Å²) in [6, 6.07) is 2.18. The van der Waals surface area contributed by atoms with Gasteiger partial charge < -0.3 is 10.4 Å². The van der Waals surface area contributed by atoms with Crippen LogP contribution in [0.15, 0.2) is 0 Å². The zero-order chi connectivity index (χ0) is 13.5. The molecule has 1 rings (SSSR count). The van der Waals surface area contributed by atoms with Crippen molar-refractivity contribution in [3.8, 4) is 6.07 Å². The van der Waals surface area contributed by atoms with Crippen molar-refractivity contribution in [3.63, 3.8) is 0 Å². The molecular weight excluding hydrogens is 228 g/mol. The van der Waals surface area contributed by atoms with Crippen molar-refractivity contribution >= 4 is 5.82 Å². The fourth-order valence-corrected chi connectivity index (χ4v) is 1.78. The van der Waals surface area contributed by atoms with Crippen molar-refractivity contribution in [2.75, 3.05) is 11.9 Å². The molecule has 98 valence electrons. The third-order valence-electron chi connectivity index (χ3n) is 2.93. The van der Waals surface area contributed by atoms with Gasteiger partial charge in [-0.25, -0.2) is 0 Å². The Kier molecular flexibility index (Phi) is 5.53. The van der Waals surface area contributed by atoms with Crippen LogP contribution < -0.4 is 5.32 Å². The molecule has 1 unspecified atom stereocenters. The fourth-order valence-electron chi connectivity index (χ4n) is 1.78. The van der Waals surface area contributed by atoms with Crippen molar-refractivity contribution in [1.29, 1.82) is 5.26 Å². The Labute approximate surface area is 108 Å². The highest BCUT2D eigenvalue weighted by Crippen LogP contribution is 2.19. The molecule has 2 N–H and O–H groups in total. The van der Waals surface area contributed by atoms with Crippen LogP contribution in [0.2, 0.25) is 0 Å². The maximum atomic E-state index is 9.52. The molecule has 1 atom stereocenters. The Balaban J connectivity index is 3.02. The highest BCUT2D eigenvalue weighted by Gasteiger charge is 2.14. The topological polar surface area (TPSA) is 81.8 Å². The van der Waals surface area contributed by atoms with Crippen LogP contribution in [0, 0.1) is 11.3 Å². The predicted octanol–water partition coefficient (Wildman–Crippen LogP) is 1.66. The van der Waals surface area contributed by atoms with E-state index in [9.17, 15) is 10.4 Å². The summed E-state index contributed by atoms with van der Waals surface area (Å²) < 4.78 is 0. The van der Waals surface area contributed by atoms with Crippen molar-refractivity contribution in [2.45, 2.75) is 46.1 Å². The molecule has 1 heterocycles. The quantitative estimate of drug-likeness (QED) is 0.800. The van der Waals surface area contributed by atoms with Crippen LogP contribution in [0.4, 0.5) is 5.82 Å². The minimum Gasteiger partial charge on any atom is -0.391 e. The van der Waals surface area contributed by atoms with E-state index in [2.05, 4.69) is 21.6 Å². The van der Waals surface area contributed by atoms with Crippen molar-refractivity contribution < 1.29 is 5.11 Å². The zero-order valence-electron chi connectivity index (χ0n) is 11.2. The van der Waals surface area contributed by atoms with E-state index >= 15 is 0 Å². The van der Waals surface area contributed by atoms with Crippen LogP contribution in [0.5, 0.6) is 0 Å². The largest absolute Gasteiger partial charge is 0.391 e. The normalized spacial score (nSPS) is 11.9. The summed E-state index contributed by atoms with van der Waals surface area (Å²) in [5.41, 5.74) is 2.37. The first-order valence-corrected chi connectivity index (χ1v) is 6.38. The summed E-state index contributed by atoms with van der Waals surface area (Å²) in [4.78, 5) is 0. The highest BCUT2D eigenvalue weighted by molar-refractivity contribution is 5.56. The van der Waals surface area contributed by atoms with E-state index in [-0.39, 0.29) is 0 Å². The van der Waals surface area contributed by atoms with Gasteiger partial charge in [0.05, 0.1) is 11.8 Å². The summed E-state index contributed by atoms with van der Waals surface area (Å²) in [5.74, 6) is 0.471. The minimum absolute atomic E-state index is 0.383. The standard InChI is InChI=1S/C13H20N4O/c1-4-9(18)8-15-13-11(7-14)10(5-2)12(6-3)16-17-13/h9,18H,4-6,8H2,1-3H3,(H,15,17). The third-order valence-corrected chi connectivity index (χ3v) is 2.93. The van der Waals surface area contributed by atoms with Crippen LogP contribution in [-0.2, 0) is 12.8 Å². The number of anilines is 1. The number of hydrogen-bond acceptors (Lipinski definition) is 5. The smallest absolute Gasteiger partial charge is 0.167 e. The Bertz CT molecular complexity index is 439. The zero-order valence-corrected chi connectivity index (χ0v) is 11.2. The Morgan fingerprint density at radius 2 is 2.00 bits per heavy atom. The lowest BCUT2D eigenvalue weighted by Gasteiger charge is -2.13. The fraction of sp³-hybridized carbons (Fsp3) is 0.615. The number of aliphatic hydroxyl groups excluding tert-OH is 1. The summed E-state index contributed by atoms with van der Waals surface area (Å²) >= 11 is 0. The average molecular weight is 248 g/mol. The summed E-state index contributed by atoms with van der Waals surface area (Å²) in [6.07, 6.45) is 1.75. The molecule has 18 heavy (non-hydrogen) atoms. The van der Waals surface area contributed by atoms with Gasteiger partial charge in [0.1, 0.15) is 11.6 Å². The highest BCUT2D eigenvalue weighted by atomic mass is 16.3. The first-order chi connectivity index (χ1) is 8.67. The SMILES string of the molecule is CCc1nnc(NCC(O)CC)c(C#N)c1CC. The second-order valence-electron chi connectivity index (χ2n) is 4.11. The molecule has 1 aromatic heterocycles. The molecule has 0 aliphatic heterocycles. The number of aromatic nitrogens is 2. The van der Waals surface area contributed by atoms with Crippen LogP contribution >= 0.6 is 0 Å². The molecule has 0 aliphatic carbocycles. The molecule has 0 saturated carbocycles. The van der Waals surface area contributed by atoms with Gasteiger partial charge in [-0.15, -0.1) is 5.10 Å². The number of rotatable bonds is 6. The molecule has 0 saturated heterocycles. The molecule has 1 aromatic rings. The van der Waals surface area contributed by atoms with Gasteiger partial charge in [0.2, 0.25) is 0 Å². The van der Waals surface area contributed by atoms with Crippen LogP contribution in [-0.4, -0.2) is 28.0 Å². The molecule has 0 spiro atoms. The molecule has 5 heteroatoms. The van der Waals surface area contributed by atoms with Gasteiger partial charge >= 0.3 is 0 Å². The second kappa shape index (κ2) is 6.92. The van der Waals surface area contributed by atoms with E-state index in [1.165, 1.54) is 0 Å². The predicted molar refractivity (Wildman–Crippen MR) is 70.3 cm³/mol. The number of nitrogens with zero attached hydrogens (tertiary/aromatic N) is 3. The van der Waals surface area contributed by atoms with E-state index in [1.807, 2.05) is 20.8 Å². The number of nitrogens with one attached hydrogen (secondary N) is 1. The average Bonchev–Trinajstić information content (AvgIpc) is 2.43. The Hall–Kier alpha value is -1.67. The van der Waals surface area contributed by atoms with Crippen LogP contribution in [0.25, 0.3) is 0 Å². The first-order valence-electron chi connectivity index (χ1n) is 6.38. The van der Waals surface area contributed by atoms with Gasteiger partial charge in [-0.3, -0.25) is 0 Å². The third kappa shape index (κ3) is 3.17. The van der Waals surface area contributed by atoms with Crippen LogP contribution in [0.1, 0.15) is 44.0 Å². The Morgan fingerprint density at radius 3 is 2.50 bits per heavy atom. The van der Waals surface area contributed by atoms with Crippen molar-refractivity contribution in [2.24, 2.45) is 0 Å². The lowest BCUT2D eigenvalue weighted by atomic mass is 10.0. The summed E-state index contributed by atoms with van der Waals surface area (Å²) in [7, 11) is 0. The first kappa shape index (κ1) is 14.4. The number of aryl methyl sites for hydroxylation is 1. The molecule has 0 amide bonds. The minimum atomic E-state index is -0.436. The van der Waals surface area contributed by atoms with E-state index in [0.717, 1.165) is 24.1 Å². The van der Waals surface area contributed by atoms with Gasteiger partial charge in [-0.1, -0.05) is 20.8 Å². The van der Waals surface area contributed by atoms with Gasteiger partial charge in [0.25, 0.3) is 0 Å². The molecule has 0 radical (unpaired) electrons. The van der Waals surface area contributed by atoms with Crippen molar-refractivity contribution in [1.82, 2.24) is 10.2 Å². The number of aliphatic hydroxyl groups is 1. The van der Waals surface area contributed by atoms with Crippen LogP contribution in [0.3, 0.4) is 0 Å². The van der Waals surface area contributed by atoms with Crippen molar-refractivity contribution in [3.05, 3.63) is 16.8 Å².